The Kier molecular flexibility index (Phi) is 11.3. The second-order valence-electron chi connectivity index (χ2n) is 20.5. The predicted octanol–water partition coefficient (Wildman–Crippen LogP) is 13.6. The highest BCUT2D eigenvalue weighted by Crippen LogP contribution is 2.41. The van der Waals surface area contributed by atoms with Crippen molar-refractivity contribution in [3.8, 4) is 51.0 Å². The first-order valence-corrected chi connectivity index (χ1v) is 26.4. The van der Waals surface area contributed by atoms with Crippen molar-refractivity contribution in [1.82, 2.24) is 19.5 Å². The van der Waals surface area contributed by atoms with Gasteiger partial charge in [0, 0.05) is 27.5 Å². The van der Waals surface area contributed by atoms with Crippen molar-refractivity contribution in [1.29, 1.82) is 0 Å². The maximum atomic E-state index is 5.36. The van der Waals surface area contributed by atoms with E-state index in [1.165, 1.54) is 42.6 Å². The summed E-state index contributed by atoms with van der Waals surface area (Å²) in [6.07, 6.45) is 0. The Morgan fingerprint density at radius 1 is 0.329 bits per heavy atom. The first-order valence-electron chi connectivity index (χ1n) is 24.4. The maximum absolute atomic E-state index is 5.36. The van der Waals surface area contributed by atoms with E-state index in [0.29, 0.717) is 17.5 Å². The molecule has 0 radical (unpaired) electrons. The van der Waals surface area contributed by atoms with Crippen molar-refractivity contribution in [2.24, 2.45) is 0 Å². The fraction of sp³-hybridized carbons (Fsp3) is 0.123. The molecule has 0 aliphatic heterocycles. The molecule has 0 saturated carbocycles. The van der Waals surface area contributed by atoms with Gasteiger partial charge in [0.1, 0.15) is 0 Å². The molecule has 0 atom stereocenters. The van der Waals surface area contributed by atoms with E-state index >= 15 is 0 Å². The fourth-order valence-corrected chi connectivity index (χ4v) is 15.0. The molecule has 0 aliphatic carbocycles. The van der Waals surface area contributed by atoms with Crippen LogP contribution in [0.5, 0.6) is 0 Å². The number of rotatable bonds is 9. The summed E-state index contributed by atoms with van der Waals surface area (Å²) < 4.78 is 2.49. The number of aromatic nitrogens is 4. The van der Waals surface area contributed by atoms with Crippen LogP contribution < -0.4 is 20.7 Å². The van der Waals surface area contributed by atoms with Gasteiger partial charge in [-0.3, -0.25) is 0 Å². The molecule has 0 bridgehead atoms. The molecule has 0 aliphatic rings. The minimum atomic E-state index is -2.82. The van der Waals surface area contributed by atoms with Gasteiger partial charge in [-0.15, -0.1) is 0 Å². The van der Waals surface area contributed by atoms with E-state index in [0.717, 1.165) is 44.5 Å². The summed E-state index contributed by atoms with van der Waals surface area (Å²) in [5.41, 5.74) is 10.7. The van der Waals surface area contributed by atoms with Gasteiger partial charge >= 0.3 is 0 Å². The smallest absolute Gasteiger partial charge is 0.179 e. The van der Waals surface area contributed by atoms with Crippen molar-refractivity contribution >= 4 is 50.6 Å². The first-order chi connectivity index (χ1) is 34.0. The van der Waals surface area contributed by atoms with Gasteiger partial charge in [-0.2, -0.15) is 0 Å². The molecular weight excluding hydrogens is 865 g/mol. The zero-order valence-electron chi connectivity index (χ0n) is 40.7. The minimum absolute atomic E-state index is 0.0762. The van der Waals surface area contributed by atoms with Crippen LogP contribution in [-0.2, 0) is 10.8 Å². The topological polar surface area (TPSA) is 43.6 Å². The van der Waals surface area contributed by atoms with Gasteiger partial charge in [0.2, 0.25) is 0 Å². The highest BCUT2D eigenvalue weighted by atomic mass is 28.3. The number of hydrogen-bond donors (Lipinski definition) is 0. The van der Waals surface area contributed by atoms with Crippen LogP contribution in [0.3, 0.4) is 0 Å². The Labute approximate surface area is 413 Å². The lowest BCUT2D eigenvalue weighted by atomic mass is 9.86. The largest absolute Gasteiger partial charge is 0.308 e. The summed E-state index contributed by atoms with van der Waals surface area (Å²) in [7, 11) is -2.82. The van der Waals surface area contributed by atoms with Crippen LogP contribution in [0.15, 0.2) is 231 Å². The van der Waals surface area contributed by atoms with Crippen molar-refractivity contribution < 1.29 is 0 Å². The summed E-state index contributed by atoms with van der Waals surface area (Å²) in [4.78, 5) is 15.8. The molecule has 9 aromatic carbocycles. The maximum Gasteiger partial charge on any atom is 0.179 e. The van der Waals surface area contributed by atoms with E-state index in [1.807, 2.05) is 36.4 Å². The number of hydrogen-bond acceptors (Lipinski definition) is 3. The van der Waals surface area contributed by atoms with Gasteiger partial charge in [-0.1, -0.05) is 248 Å². The van der Waals surface area contributed by atoms with Crippen LogP contribution in [0.1, 0.15) is 52.7 Å². The molecular formula is C65H56N4Si. The zero-order valence-corrected chi connectivity index (χ0v) is 41.7. The van der Waals surface area contributed by atoms with E-state index in [2.05, 4.69) is 240 Å². The van der Waals surface area contributed by atoms with Crippen LogP contribution in [0.25, 0.3) is 72.8 Å². The molecule has 2 aromatic heterocycles. The number of nitrogens with zero attached hydrogens (tertiary/aromatic N) is 4. The second kappa shape index (κ2) is 17.8. The van der Waals surface area contributed by atoms with Crippen LogP contribution in [0, 0.1) is 0 Å². The molecule has 0 N–H and O–H groups in total. The summed E-state index contributed by atoms with van der Waals surface area (Å²) in [6.45, 7) is 13.8. The Bertz CT molecular complexity index is 3420. The van der Waals surface area contributed by atoms with Gasteiger partial charge in [-0.25, -0.2) is 15.0 Å². The lowest BCUT2D eigenvalue weighted by Gasteiger charge is -2.34. The molecule has 5 heteroatoms. The zero-order chi connectivity index (χ0) is 48.0. The summed E-state index contributed by atoms with van der Waals surface area (Å²) in [5.74, 6) is 1.87. The number of benzene rings is 9. The van der Waals surface area contributed by atoms with Crippen LogP contribution >= 0.6 is 0 Å². The van der Waals surface area contributed by atoms with Crippen molar-refractivity contribution in [3.05, 3.63) is 242 Å². The van der Waals surface area contributed by atoms with E-state index in [-0.39, 0.29) is 10.8 Å². The van der Waals surface area contributed by atoms with Crippen LogP contribution in [-0.4, -0.2) is 27.6 Å². The first kappa shape index (κ1) is 44.5. The third-order valence-electron chi connectivity index (χ3n) is 13.9. The lowest BCUT2D eigenvalue weighted by Crippen LogP contribution is -2.74. The molecule has 11 aromatic rings. The molecule has 0 amide bonds. The second-order valence-corrected chi connectivity index (χ2v) is 24.3. The molecule has 2 heterocycles. The standard InChI is InChI=1S/C65H56N4Si/c1-64(2,3)49-36-39-55-56-40-37-50(65(4,5)6)44-60(56)69(59(55)43-49)58-42-48(35-38-57(58)63-67-61(45-23-12-7-13-24-45)66-62(68-63)46-25-14-8-15-26-46)47-27-22-34-54(41-47)70(51-28-16-9-17-29-51,52-30-18-10-19-31-52)53-32-20-11-21-33-53/h7-44H,1-6H3. The lowest BCUT2D eigenvalue weighted by molar-refractivity contribution is 0.591. The van der Waals surface area contributed by atoms with E-state index < -0.39 is 8.07 Å². The van der Waals surface area contributed by atoms with Gasteiger partial charge < -0.3 is 4.57 Å². The Balaban J connectivity index is 1.23. The van der Waals surface area contributed by atoms with Gasteiger partial charge in [0.15, 0.2) is 25.5 Å². The molecule has 11 rings (SSSR count). The van der Waals surface area contributed by atoms with Crippen molar-refractivity contribution in [2.45, 2.75) is 52.4 Å². The third kappa shape index (κ3) is 8.06. The molecule has 340 valence electrons. The summed E-state index contributed by atoms with van der Waals surface area (Å²) in [6, 6.07) is 84.3. The fourth-order valence-electron chi connectivity index (χ4n) is 10.2. The van der Waals surface area contributed by atoms with E-state index in [1.54, 1.807) is 0 Å². The average Bonchev–Trinajstić information content (AvgIpc) is 3.73. The third-order valence-corrected chi connectivity index (χ3v) is 18.7. The minimum Gasteiger partial charge on any atom is -0.308 e. The molecule has 4 nitrogen and oxygen atoms in total. The predicted molar refractivity (Wildman–Crippen MR) is 297 cm³/mol. The Morgan fingerprint density at radius 3 is 1.16 bits per heavy atom. The molecule has 0 fully saturated rings. The van der Waals surface area contributed by atoms with E-state index in [4.69, 9.17) is 15.0 Å². The number of fused-ring (bicyclic) bond motifs is 3. The molecule has 0 unspecified atom stereocenters. The van der Waals surface area contributed by atoms with Crippen molar-refractivity contribution in [2.75, 3.05) is 0 Å². The molecule has 0 saturated heterocycles. The van der Waals surface area contributed by atoms with Gasteiger partial charge in [-0.05, 0) is 78.1 Å². The van der Waals surface area contributed by atoms with Gasteiger partial charge in [0.25, 0.3) is 0 Å². The van der Waals surface area contributed by atoms with Crippen LogP contribution in [0.2, 0.25) is 0 Å². The van der Waals surface area contributed by atoms with Crippen LogP contribution in [0.4, 0.5) is 0 Å². The monoisotopic (exact) mass is 920 g/mol. The Hall–Kier alpha value is -7.99. The highest BCUT2D eigenvalue weighted by Gasteiger charge is 2.41. The average molecular weight is 921 g/mol. The summed E-state index contributed by atoms with van der Waals surface area (Å²) in [5, 5.41) is 7.75. The molecule has 70 heavy (non-hydrogen) atoms. The van der Waals surface area contributed by atoms with E-state index in [9.17, 15) is 0 Å². The van der Waals surface area contributed by atoms with Gasteiger partial charge in [0.05, 0.1) is 16.7 Å². The normalized spacial score (nSPS) is 12.1. The Morgan fingerprint density at radius 2 is 0.714 bits per heavy atom. The highest BCUT2D eigenvalue weighted by molar-refractivity contribution is 7.19. The molecule has 0 spiro atoms. The summed E-state index contributed by atoms with van der Waals surface area (Å²) >= 11 is 0. The van der Waals surface area contributed by atoms with Crippen molar-refractivity contribution in [3.63, 3.8) is 0 Å². The SMILES string of the molecule is CC(C)(C)c1ccc2c3ccc(C(C)(C)C)cc3n(-c3cc(-c4cccc([Si](c5ccccc5)(c5ccccc5)c5ccccc5)c4)ccc3-c3nc(-c4ccccc4)nc(-c4ccccc4)n3)c2c1. The quantitative estimate of drug-likeness (QED) is 0.107.